The highest BCUT2D eigenvalue weighted by Gasteiger charge is 2.23. The average Bonchev–Trinajstić information content (AvgIpc) is 2.88. The number of rotatable bonds is 5. The first kappa shape index (κ1) is 20.9. The van der Waals surface area contributed by atoms with E-state index in [0.29, 0.717) is 49.8 Å². The summed E-state index contributed by atoms with van der Waals surface area (Å²) >= 11 is 0. The van der Waals surface area contributed by atoms with Crippen molar-refractivity contribution >= 4 is 22.5 Å². The molecular formula is C27H24FN3O2. The maximum absolute atomic E-state index is 14.0. The van der Waals surface area contributed by atoms with Gasteiger partial charge in [-0.15, -0.1) is 0 Å². The molecule has 1 aliphatic rings. The van der Waals surface area contributed by atoms with Gasteiger partial charge in [0.05, 0.1) is 16.9 Å². The number of para-hydroxylation sites is 2. The predicted octanol–water partition coefficient (Wildman–Crippen LogP) is 4.92. The number of piperazine rings is 1. The zero-order chi connectivity index (χ0) is 22.6. The molecular weight excluding hydrogens is 417 g/mol. The quantitative estimate of drug-likeness (QED) is 0.441. The van der Waals surface area contributed by atoms with Gasteiger partial charge in [-0.1, -0.05) is 36.4 Å². The summed E-state index contributed by atoms with van der Waals surface area (Å²) in [6, 6.07) is 25.9. The number of hydrogen-bond acceptors (Lipinski definition) is 4. The molecule has 3 aromatic carbocycles. The Balaban J connectivity index is 1.17. The SMILES string of the molecule is O=C(c1ccc(OCc2ccc3ccccc3n2)cc1)N1CCN(c2ccccc2F)CC1. The van der Waals surface area contributed by atoms with Crippen LogP contribution in [-0.2, 0) is 6.61 Å². The van der Waals surface area contributed by atoms with Crippen molar-refractivity contribution in [2.75, 3.05) is 31.1 Å². The molecule has 0 aliphatic carbocycles. The van der Waals surface area contributed by atoms with Crippen molar-refractivity contribution in [3.63, 3.8) is 0 Å². The minimum atomic E-state index is -0.230. The summed E-state index contributed by atoms with van der Waals surface area (Å²) in [6.07, 6.45) is 0. The van der Waals surface area contributed by atoms with Crippen LogP contribution in [0.2, 0.25) is 0 Å². The second-order valence-electron chi connectivity index (χ2n) is 8.04. The highest BCUT2D eigenvalue weighted by molar-refractivity contribution is 5.94. The van der Waals surface area contributed by atoms with Crippen molar-refractivity contribution in [3.05, 3.63) is 102 Å². The van der Waals surface area contributed by atoms with Crippen LogP contribution in [0.3, 0.4) is 0 Å². The Morgan fingerprint density at radius 2 is 1.58 bits per heavy atom. The second-order valence-corrected chi connectivity index (χ2v) is 8.04. The van der Waals surface area contributed by atoms with Crippen LogP contribution >= 0.6 is 0 Å². The highest BCUT2D eigenvalue weighted by Crippen LogP contribution is 2.22. The maximum Gasteiger partial charge on any atom is 0.253 e. The van der Waals surface area contributed by atoms with E-state index in [1.807, 2.05) is 64.4 Å². The van der Waals surface area contributed by atoms with Crippen LogP contribution in [-0.4, -0.2) is 42.0 Å². The zero-order valence-corrected chi connectivity index (χ0v) is 18.2. The van der Waals surface area contributed by atoms with Gasteiger partial charge < -0.3 is 14.5 Å². The minimum absolute atomic E-state index is 0.0223. The number of benzene rings is 3. The summed E-state index contributed by atoms with van der Waals surface area (Å²) in [5.74, 6) is 0.434. The van der Waals surface area contributed by atoms with E-state index < -0.39 is 0 Å². The Morgan fingerprint density at radius 1 is 0.848 bits per heavy atom. The Bertz CT molecular complexity index is 1270. The van der Waals surface area contributed by atoms with E-state index in [2.05, 4.69) is 4.98 Å². The van der Waals surface area contributed by atoms with Gasteiger partial charge in [0.2, 0.25) is 0 Å². The summed E-state index contributed by atoms with van der Waals surface area (Å²) in [7, 11) is 0. The zero-order valence-electron chi connectivity index (χ0n) is 18.2. The molecule has 2 heterocycles. The van der Waals surface area contributed by atoms with Gasteiger partial charge in [0.15, 0.2) is 0 Å². The number of pyridine rings is 1. The maximum atomic E-state index is 14.0. The third-order valence-electron chi connectivity index (χ3n) is 5.90. The molecule has 0 spiro atoms. The normalized spacial score (nSPS) is 13.8. The lowest BCUT2D eigenvalue weighted by Gasteiger charge is -2.36. The molecule has 6 heteroatoms. The minimum Gasteiger partial charge on any atom is -0.487 e. The number of fused-ring (bicyclic) bond motifs is 1. The van der Waals surface area contributed by atoms with Crippen molar-refractivity contribution in [3.8, 4) is 5.75 Å². The first-order valence-corrected chi connectivity index (χ1v) is 11.0. The number of anilines is 1. The Kier molecular flexibility index (Phi) is 5.89. The molecule has 1 fully saturated rings. The molecule has 5 rings (SSSR count). The molecule has 0 radical (unpaired) electrons. The largest absolute Gasteiger partial charge is 0.487 e. The smallest absolute Gasteiger partial charge is 0.253 e. The van der Waals surface area contributed by atoms with Crippen LogP contribution in [0.4, 0.5) is 10.1 Å². The summed E-state index contributed by atoms with van der Waals surface area (Å²) in [6.45, 7) is 2.67. The number of carbonyl (C=O) groups excluding carboxylic acids is 1. The number of nitrogens with zero attached hydrogens (tertiary/aromatic N) is 3. The molecule has 0 bridgehead atoms. The van der Waals surface area contributed by atoms with E-state index in [1.165, 1.54) is 6.07 Å². The molecule has 0 N–H and O–H groups in total. The Hall–Kier alpha value is -3.93. The van der Waals surface area contributed by atoms with Gasteiger partial charge in [0, 0.05) is 37.1 Å². The molecule has 1 aromatic heterocycles. The fourth-order valence-corrected chi connectivity index (χ4v) is 4.08. The molecule has 0 saturated carbocycles. The third-order valence-corrected chi connectivity index (χ3v) is 5.90. The van der Waals surface area contributed by atoms with E-state index >= 15 is 0 Å². The number of aromatic nitrogens is 1. The van der Waals surface area contributed by atoms with Crippen molar-refractivity contribution in [2.24, 2.45) is 0 Å². The number of ether oxygens (including phenoxy) is 1. The van der Waals surface area contributed by atoms with Gasteiger partial charge in [0.25, 0.3) is 5.91 Å². The standard InChI is InChI=1S/C27H24FN3O2/c28-24-6-2-4-8-26(24)30-15-17-31(18-16-30)27(32)21-10-13-23(14-11-21)33-19-22-12-9-20-5-1-3-7-25(20)29-22/h1-14H,15-19H2. The van der Waals surface area contributed by atoms with Crippen LogP contribution in [0.1, 0.15) is 16.1 Å². The fraction of sp³-hybridized carbons (Fsp3) is 0.185. The highest BCUT2D eigenvalue weighted by atomic mass is 19.1. The van der Waals surface area contributed by atoms with Gasteiger partial charge in [-0.2, -0.15) is 0 Å². The molecule has 166 valence electrons. The van der Waals surface area contributed by atoms with Crippen molar-refractivity contribution < 1.29 is 13.9 Å². The molecule has 0 unspecified atom stereocenters. The molecule has 33 heavy (non-hydrogen) atoms. The molecule has 4 aromatic rings. The number of hydrogen-bond donors (Lipinski definition) is 0. The van der Waals surface area contributed by atoms with Crippen LogP contribution in [0, 0.1) is 5.82 Å². The lowest BCUT2D eigenvalue weighted by atomic mass is 10.1. The molecule has 1 saturated heterocycles. The lowest BCUT2D eigenvalue weighted by Crippen LogP contribution is -2.49. The van der Waals surface area contributed by atoms with Gasteiger partial charge in [-0.05, 0) is 48.5 Å². The van der Waals surface area contributed by atoms with Crippen LogP contribution in [0.25, 0.3) is 10.9 Å². The summed E-state index contributed by atoms with van der Waals surface area (Å²) in [4.78, 5) is 21.3. The predicted molar refractivity (Wildman–Crippen MR) is 127 cm³/mol. The Morgan fingerprint density at radius 3 is 2.36 bits per heavy atom. The molecule has 5 nitrogen and oxygen atoms in total. The summed E-state index contributed by atoms with van der Waals surface area (Å²) < 4.78 is 19.9. The fourth-order valence-electron chi connectivity index (χ4n) is 4.08. The first-order valence-electron chi connectivity index (χ1n) is 11.0. The number of halogens is 1. The number of amides is 1. The second kappa shape index (κ2) is 9.28. The van der Waals surface area contributed by atoms with Crippen LogP contribution in [0.15, 0.2) is 84.9 Å². The van der Waals surface area contributed by atoms with Gasteiger partial charge in [-0.25, -0.2) is 9.37 Å². The van der Waals surface area contributed by atoms with Crippen molar-refractivity contribution in [1.82, 2.24) is 9.88 Å². The summed E-state index contributed by atoms with van der Waals surface area (Å²) in [5, 5.41) is 1.10. The van der Waals surface area contributed by atoms with E-state index in [9.17, 15) is 9.18 Å². The van der Waals surface area contributed by atoms with Gasteiger partial charge in [-0.3, -0.25) is 4.79 Å². The monoisotopic (exact) mass is 441 g/mol. The van der Waals surface area contributed by atoms with Crippen LogP contribution < -0.4 is 9.64 Å². The van der Waals surface area contributed by atoms with E-state index in [4.69, 9.17) is 4.74 Å². The van der Waals surface area contributed by atoms with Crippen molar-refractivity contribution in [2.45, 2.75) is 6.61 Å². The molecule has 1 aliphatic heterocycles. The number of carbonyl (C=O) groups is 1. The van der Waals surface area contributed by atoms with Crippen LogP contribution in [0.5, 0.6) is 5.75 Å². The topological polar surface area (TPSA) is 45.7 Å². The molecule has 0 atom stereocenters. The van der Waals surface area contributed by atoms with E-state index in [0.717, 1.165) is 16.6 Å². The van der Waals surface area contributed by atoms with E-state index in [-0.39, 0.29) is 11.7 Å². The first-order chi connectivity index (χ1) is 16.2. The summed E-state index contributed by atoms with van der Waals surface area (Å²) in [5.41, 5.74) is 2.99. The van der Waals surface area contributed by atoms with Gasteiger partial charge in [0.1, 0.15) is 18.2 Å². The Labute approximate surface area is 192 Å². The third kappa shape index (κ3) is 4.65. The lowest BCUT2D eigenvalue weighted by molar-refractivity contribution is 0.0746. The molecule has 1 amide bonds. The van der Waals surface area contributed by atoms with Crippen molar-refractivity contribution in [1.29, 1.82) is 0 Å². The van der Waals surface area contributed by atoms with Gasteiger partial charge >= 0.3 is 0 Å². The average molecular weight is 442 g/mol. The van der Waals surface area contributed by atoms with E-state index in [1.54, 1.807) is 24.3 Å².